The molecule has 0 aliphatic carbocycles. The Kier molecular flexibility index (Phi) is 10.1. The Balaban J connectivity index is 2.06. The van der Waals surface area contributed by atoms with E-state index in [-0.39, 0.29) is 23.0 Å². The number of anilines is 1. The van der Waals surface area contributed by atoms with Gasteiger partial charge in [-0.2, -0.15) is 0 Å². The molecule has 0 radical (unpaired) electrons. The summed E-state index contributed by atoms with van der Waals surface area (Å²) >= 11 is 0. The minimum atomic E-state index is -4.28. The van der Waals surface area contributed by atoms with Gasteiger partial charge in [0.1, 0.15) is 24.2 Å². The predicted molar refractivity (Wildman–Crippen MR) is 148 cm³/mol. The Labute approximate surface area is 229 Å². The summed E-state index contributed by atoms with van der Waals surface area (Å²) in [6, 6.07) is 17.4. The van der Waals surface area contributed by atoms with E-state index in [9.17, 15) is 22.4 Å². The number of hydrogen-bond donors (Lipinski definition) is 1. The molecule has 0 saturated carbocycles. The average molecular weight is 556 g/mol. The second-order valence-electron chi connectivity index (χ2n) is 8.94. The van der Waals surface area contributed by atoms with Crippen molar-refractivity contribution in [2.75, 3.05) is 24.5 Å². The topological polar surface area (TPSA) is 96.0 Å². The number of aryl methyl sites for hydroxylation is 1. The van der Waals surface area contributed by atoms with Crippen LogP contribution in [-0.4, -0.2) is 51.4 Å². The van der Waals surface area contributed by atoms with Crippen molar-refractivity contribution in [3.8, 4) is 5.75 Å². The van der Waals surface area contributed by atoms with Crippen molar-refractivity contribution < 1.29 is 27.1 Å². The van der Waals surface area contributed by atoms with Crippen molar-refractivity contribution in [3.05, 3.63) is 89.7 Å². The number of likely N-dealkylation sites (N-methyl/N-ethyl adjacent to an activating group) is 1. The maximum atomic E-state index is 13.9. The average Bonchev–Trinajstić information content (AvgIpc) is 2.92. The zero-order valence-corrected chi connectivity index (χ0v) is 23.4. The standard InChI is InChI=1S/C29H34FN3O5S/c1-5-27(29(35)31-4)32(19-22-9-7-8-21(3)18-22)28(34)20-33(24-12-14-25(15-13-24)38-6-2)39(36,37)26-16-10-23(30)11-17-26/h7-18,27H,5-6,19-20H2,1-4H3,(H,31,35)/t27-/m1/s1. The van der Waals surface area contributed by atoms with Crippen molar-refractivity contribution in [2.45, 2.75) is 44.7 Å². The Morgan fingerprint density at radius 3 is 2.23 bits per heavy atom. The zero-order valence-electron chi connectivity index (χ0n) is 22.6. The highest BCUT2D eigenvalue weighted by Crippen LogP contribution is 2.27. The molecule has 10 heteroatoms. The van der Waals surface area contributed by atoms with Crippen LogP contribution in [0.3, 0.4) is 0 Å². The Hall–Kier alpha value is -3.92. The molecule has 1 N–H and O–H groups in total. The third-order valence-electron chi connectivity index (χ3n) is 6.18. The van der Waals surface area contributed by atoms with Crippen LogP contribution in [0, 0.1) is 12.7 Å². The van der Waals surface area contributed by atoms with Gasteiger partial charge < -0.3 is 15.0 Å². The Bertz CT molecular complexity index is 1380. The highest BCUT2D eigenvalue weighted by Gasteiger charge is 2.33. The molecule has 3 aromatic rings. The second-order valence-corrected chi connectivity index (χ2v) is 10.8. The summed E-state index contributed by atoms with van der Waals surface area (Å²) in [6.07, 6.45) is 0.324. The van der Waals surface area contributed by atoms with Gasteiger partial charge in [-0.3, -0.25) is 13.9 Å². The van der Waals surface area contributed by atoms with Crippen LogP contribution in [0.25, 0.3) is 0 Å². The van der Waals surface area contributed by atoms with E-state index in [1.165, 1.54) is 11.9 Å². The van der Waals surface area contributed by atoms with E-state index < -0.39 is 34.3 Å². The second kappa shape index (κ2) is 13.2. The van der Waals surface area contributed by atoms with Crippen LogP contribution in [0.5, 0.6) is 5.75 Å². The van der Waals surface area contributed by atoms with Crippen LogP contribution in [0.1, 0.15) is 31.4 Å². The highest BCUT2D eigenvalue weighted by atomic mass is 32.2. The van der Waals surface area contributed by atoms with Crippen LogP contribution in [0.15, 0.2) is 77.7 Å². The zero-order chi connectivity index (χ0) is 28.6. The Morgan fingerprint density at radius 1 is 1.00 bits per heavy atom. The van der Waals surface area contributed by atoms with Crippen molar-refractivity contribution >= 4 is 27.5 Å². The van der Waals surface area contributed by atoms with Gasteiger partial charge >= 0.3 is 0 Å². The number of benzene rings is 3. The first-order chi connectivity index (χ1) is 18.6. The Morgan fingerprint density at radius 2 is 1.67 bits per heavy atom. The molecule has 0 heterocycles. The lowest BCUT2D eigenvalue weighted by Crippen LogP contribution is -2.51. The largest absolute Gasteiger partial charge is 0.494 e. The first-order valence-corrected chi connectivity index (χ1v) is 14.1. The van der Waals surface area contributed by atoms with Crippen molar-refractivity contribution in [3.63, 3.8) is 0 Å². The first-order valence-electron chi connectivity index (χ1n) is 12.7. The summed E-state index contributed by atoms with van der Waals surface area (Å²) in [4.78, 5) is 27.9. The molecule has 0 bridgehead atoms. The maximum Gasteiger partial charge on any atom is 0.264 e. The lowest BCUT2D eigenvalue weighted by molar-refractivity contribution is -0.140. The van der Waals surface area contributed by atoms with Crippen LogP contribution in [-0.2, 0) is 26.2 Å². The highest BCUT2D eigenvalue weighted by molar-refractivity contribution is 7.92. The van der Waals surface area contributed by atoms with Gasteiger partial charge in [0.15, 0.2) is 0 Å². The molecule has 2 amide bonds. The van der Waals surface area contributed by atoms with E-state index in [1.807, 2.05) is 38.1 Å². The lowest BCUT2D eigenvalue weighted by atomic mass is 10.1. The van der Waals surface area contributed by atoms with Gasteiger partial charge in [-0.1, -0.05) is 36.8 Å². The lowest BCUT2D eigenvalue weighted by Gasteiger charge is -2.33. The molecule has 0 saturated heterocycles. The maximum absolute atomic E-state index is 13.9. The summed E-state index contributed by atoms with van der Waals surface area (Å²) in [5, 5.41) is 2.60. The number of amides is 2. The van der Waals surface area contributed by atoms with Gasteiger partial charge in [-0.15, -0.1) is 0 Å². The molecule has 3 aromatic carbocycles. The molecule has 0 aliphatic rings. The van der Waals surface area contributed by atoms with Crippen molar-refractivity contribution in [1.29, 1.82) is 0 Å². The van der Waals surface area contributed by atoms with Crippen molar-refractivity contribution in [1.82, 2.24) is 10.2 Å². The number of rotatable bonds is 12. The van der Waals surface area contributed by atoms with Crippen molar-refractivity contribution in [2.24, 2.45) is 0 Å². The minimum Gasteiger partial charge on any atom is -0.494 e. The van der Waals surface area contributed by atoms with Crippen LogP contribution < -0.4 is 14.4 Å². The molecule has 8 nitrogen and oxygen atoms in total. The number of carbonyl (C=O) groups excluding carboxylic acids is 2. The van der Waals surface area contributed by atoms with E-state index in [1.54, 1.807) is 31.2 Å². The van der Waals surface area contributed by atoms with E-state index in [0.29, 0.717) is 18.8 Å². The molecule has 208 valence electrons. The minimum absolute atomic E-state index is 0.111. The first kappa shape index (κ1) is 29.6. The molecule has 0 unspecified atom stereocenters. The van der Waals surface area contributed by atoms with Crippen LogP contribution in [0.4, 0.5) is 10.1 Å². The summed E-state index contributed by atoms with van der Waals surface area (Å²) in [5.41, 5.74) is 2.02. The summed E-state index contributed by atoms with van der Waals surface area (Å²) in [5.74, 6) is -0.962. The number of ether oxygens (including phenoxy) is 1. The molecular formula is C29H34FN3O5S. The summed E-state index contributed by atoms with van der Waals surface area (Å²) in [7, 11) is -2.79. The molecule has 0 spiro atoms. The smallest absolute Gasteiger partial charge is 0.264 e. The molecule has 3 rings (SSSR count). The summed E-state index contributed by atoms with van der Waals surface area (Å²) in [6.45, 7) is 5.51. The van der Waals surface area contributed by atoms with Gasteiger partial charge in [0.05, 0.1) is 17.2 Å². The predicted octanol–water partition coefficient (Wildman–Crippen LogP) is 4.28. The third kappa shape index (κ3) is 7.35. The summed E-state index contributed by atoms with van der Waals surface area (Å²) < 4.78 is 47.6. The number of hydrogen-bond acceptors (Lipinski definition) is 5. The number of sulfonamides is 1. The van der Waals surface area contributed by atoms with E-state index in [4.69, 9.17) is 4.74 Å². The van der Waals surface area contributed by atoms with Gasteiger partial charge in [-0.05, 0) is 74.4 Å². The molecule has 0 fully saturated rings. The number of nitrogens with one attached hydrogen (secondary N) is 1. The van der Waals surface area contributed by atoms with Gasteiger partial charge in [-0.25, -0.2) is 12.8 Å². The van der Waals surface area contributed by atoms with Gasteiger partial charge in [0.2, 0.25) is 11.8 Å². The van der Waals surface area contributed by atoms with Gasteiger partial charge in [0.25, 0.3) is 10.0 Å². The molecule has 39 heavy (non-hydrogen) atoms. The van der Waals surface area contributed by atoms with E-state index in [2.05, 4.69) is 5.32 Å². The monoisotopic (exact) mass is 555 g/mol. The normalized spacial score (nSPS) is 11.9. The van der Waals surface area contributed by atoms with E-state index in [0.717, 1.165) is 39.7 Å². The number of halogens is 1. The van der Waals surface area contributed by atoms with Crippen LogP contribution >= 0.6 is 0 Å². The SMILES string of the molecule is CCOc1ccc(N(CC(=O)N(Cc2cccc(C)c2)[C@H](CC)C(=O)NC)S(=O)(=O)c2ccc(F)cc2)cc1. The molecular weight excluding hydrogens is 521 g/mol. The van der Waals surface area contributed by atoms with Crippen LogP contribution in [0.2, 0.25) is 0 Å². The van der Waals surface area contributed by atoms with E-state index >= 15 is 0 Å². The number of nitrogens with zero attached hydrogens (tertiary/aromatic N) is 2. The fourth-order valence-corrected chi connectivity index (χ4v) is 5.65. The quantitative estimate of drug-likeness (QED) is 0.360. The van der Waals surface area contributed by atoms with Gasteiger partial charge in [0, 0.05) is 13.6 Å². The third-order valence-corrected chi connectivity index (χ3v) is 7.97. The molecule has 0 aromatic heterocycles. The molecule has 0 aliphatic heterocycles. The fourth-order valence-electron chi connectivity index (χ4n) is 4.23. The fraction of sp³-hybridized carbons (Fsp3) is 0.310. The number of carbonyl (C=O) groups is 2. The molecule has 1 atom stereocenters.